The molecule has 1 heterocycles. The summed E-state index contributed by atoms with van der Waals surface area (Å²) in [5, 5.41) is 7.42. The van der Waals surface area contributed by atoms with Gasteiger partial charge in [0.25, 0.3) is 0 Å². The Bertz CT molecular complexity index is 590. The summed E-state index contributed by atoms with van der Waals surface area (Å²) >= 11 is 7.68. The molecule has 0 aliphatic rings. The lowest BCUT2D eigenvalue weighted by atomic mass is 10.1. The van der Waals surface area contributed by atoms with Crippen molar-refractivity contribution in [1.82, 2.24) is 10.6 Å². The predicted molar refractivity (Wildman–Crippen MR) is 92.4 cm³/mol. The van der Waals surface area contributed by atoms with Crippen molar-refractivity contribution in [1.29, 1.82) is 0 Å². The van der Waals surface area contributed by atoms with Crippen LogP contribution in [0.5, 0.6) is 0 Å². The normalized spacial score (nSPS) is 11.5. The zero-order valence-corrected chi connectivity index (χ0v) is 13.9. The van der Waals surface area contributed by atoms with Gasteiger partial charge in [-0.15, -0.1) is 11.3 Å². The first-order chi connectivity index (χ1) is 10.2. The minimum atomic E-state index is 0.774. The van der Waals surface area contributed by atoms with E-state index in [0.717, 1.165) is 30.5 Å². The van der Waals surface area contributed by atoms with Gasteiger partial charge in [-0.3, -0.25) is 4.99 Å². The molecule has 0 radical (unpaired) electrons. The number of hydrogen-bond acceptors (Lipinski definition) is 2. The summed E-state index contributed by atoms with van der Waals surface area (Å²) in [4.78, 5) is 6.88. The lowest BCUT2D eigenvalue weighted by molar-refractivity contribution is 0.799. The van der Waals surface area contributed by atoms with Crippen LogP contribution in [-0.2, 0) is 13.0 Å². The third-order valence-electron chi connectivity index (χ3n) is 3.07. The van der Waals surface area contributed by atoms with Gasteiger partial charge in [-0.2, -0.15) is 0 Å². The van der Waals surface area contributed by atoms with Crippen molar-refractivity contribution >= 4 is 28.9 Å². The van der Waals surface area contributed by atoms with Crippen molar-refractivity contribution in [3.8, 4) is 0 Å². The summed E-state index contributed by atoms with van der Waals surface area (Å²) in [5.74, 6) is 0.829. The van der Waals surface area contributed by atoms with Gasteiger partial charge < -0.3 is 10.6 Å². The Labute approximate surface area is 135 Å². The molecule has 5 heteroatoms. The van der Waals surface area contributed by atoms with E-state index in [-0.39, 0.29) is 0 Å². The molecular weight excluding hydrogens is 302 g/mol. The summed E-state index contributed by atoms with van der Waals surface area (Å²) in [6.07, 6.45) is 0.940. The highest BCUT2D eigenvalue weighted by molar-refractivity contribution is 7.11. The predicted octanol–water partition coefficient (Wildman–Crippen LogP) is 3.62. The third-order valence-corrected chi connectivity index (χ3v) is 4.32. The molecule has 21 heavy (non-hydrogen) atoms. The summed E-state index contributed by atoms with van der Waals surface area (Å²) in [6.45, 7) is 3.76. The van der Waals surface area contributed by atoms with Gasteiger partial charge in [-0.25, -0.2) is 0 Å². The van der Waals surface area contributed by atoms with E-state index < -0.39 is 0 Å². The monoisotopic (exact) mass is 321 g/mol. The number of aryl methyl sites for hydroxylation is 1. The quantitative estimate of drug-likeness (QED) is 0.652. The van der Waals surface area contributed by atoms with Crippen LogP contribution < -0.4 is 10.6 Å². The summed E-state index contributed by atoms with van der Waals surface area (Å²) in [5.41, 5.74) is 1.26. The number of guanidine groups is 1. The van der Waals surface area contributed by atoms with E-state index in [9.17, 15) is 0 Å². The van der Waals surface area contributed by atoms with Gasteiger partial charge >= 0.3 is 0 Å². The van der Waals surface area contributed by atoms with Crippen LogP contribution in [0, 0.1) is 6.92 Å². The zero-order valence-electron chi connectivity index (χ0n) is 12.3. The number of nitrogens with zero attached hydrogens (tertiary/aromatic N) is 1. The molecule has 0 bridgehead atoms. The van der Waals surface area contributed by atoms with Crippen molar-refractivity contribution in [3.05, 3.63) is 56.7 Å². The van der Waals surface area contributed by atoms with Crippen LogP contribution in [0.3, 0.4) is 0 Å². The molecule has 0 aliphatic carbocycles. The Morgan fingerprint density at radius 1 is 1.14 bits per heavy atom. The SMILES string of the molecule is CN=C(NCCc1ccc(Cl)cc1)NCc1ccc(C)s1. The van der Waals surface area contributed by atoms with Crippen LogP contribution in [0.25, 0.3) is 0 Å². The molecule has 112 valence electrons. The molecule has 0 amide bonds. The van der Waals surface area contributed by atoms with Crippen LogP contribution in [0.1, 0.15) is 15.3 Å². The van der Waals surface area contributed by atoms with Crippen molar-refractivity contribution in [3.63, 3.8) is 0 Å². The van der Waals surface area contributed by atoms with Gasteiger partial charge in [0.1, 0.15) is 0 Å². The molecule has 0 aliphatic heterocycles. The summed E-state index contributed by atoms with van der Waals surface area (Å²) in [6, 6.07) is 12.2. The van der Waals surface area contributed by atoms with Gasteiger partial charge in [0, 0.05) is 28.4 Å². The van der Waals surface area contributed by atoms with Crippen LogP contribution in [0.4, 0.5) is 0 Å². The molecule has 1 aromatic carbocycles. The average molecular weight is 322 g/mol. The van der Waals surface area contributed by atoms with Gasteiger partial charge in [0.2, 0.25) is 0 Å². The fourth-order valence-electron chi connectivity index (χ4n) is 1.95. The van der Waals surface area contributed by atoms with Gasteiger partial charge in [0.05, 0.1) is 6.54 Å². The second-order valence-electron chi connectivity index (χ2n) is 4.74. The van der Waals surface area contributed by atoms with Crippen LogP contribution in [0.2, 0.25) is 5.02 Å². The molecule has 3 nitrogen and oxygen atoms in total. The number of benzene rings is 1. The summed E-state index contributed by atoms with van der Waals surface area (Å²) < 4.78 is 0. The average Bonchev–Trinajstić information content (AvgIpc) is 2.90. The number of thiophene rings is 1. The molecule has 0 atom stereocenters. The molecule has 0 saturated heterocycles. The van der Waals surface area contributed by atoms with E-state index in [4.69, 9.17) is 11.6 Å². The first-order valence-electron chi connectivity index (χ1n) is 6.91. The molecule has 0 fully saturated rings. The zero-order chi connectivity index (χ0) is 15.1. The van der Waals surface area contributed by atoms with Gasteiger partial charge in [-0.05, 0) is 43.2 Å². The Morgan fingerprint density at radius 2 is 1.90 bits per heavy atom. The van der Waals surface area contributed by atoms with E-state index in [1.54, 1.807) is 18.4 Å². The number of aliphatic imine (C=N–C) groups is 1. The van der Waals surface area contributed by atoms with Crippen molar-refractivity contribution in [2.75, 3.05) is 13.6 Å². The van der Waals surface area contributed by atoms with Crippen LogP contribution in [0.15, 0.2) is 41.4 Å². The van der Waals surface area contributed by atoms with Crippen molar-refractivity contribution in [2.24, 2.45) is 4.99 Å². The van der Waals surface area contributed by atoms with Crippen molar-refractivity contribution in [2.45, 2.75) is 19.9 Å². The highest BCUT2D eigenvalue weighted by Gasteiger charge is 2.00. The number of hydrogen-bond donors (Lipinski definition) is 2. The molecule has 2 rings (SSSR count). The molecular formula is C16H20ClN3S. The standard InChI is InChI=1S/C16H20ClN3S/c1-12-3-8-15(21-12)11-20-16(18-2)19-10-9-13-4-6-14(17)7-5-13/h3-8H,9-11H2,1-2H3,(H2,18,19,20). The smallest absolute Gasteiger partial charge is 0.191 e. The van der Waals surface area contributed by atoms with Crippen molar-refractivity contribution < 1.29 is 0 Å². The largest absolute Gasteiger partial charge is 0.356 e. The molecule has 1 aromatic heterocycles. The fourth-order valence-corrected chi connectivity index (χ4v) is 2.90. The second kappa shape index (κ2) is 8.05. The Balaban J connectivity index is 1.74. The lowest BCUT2D eigenvalue weighted by Crippen LogP contribution is -2.37. The molecule has 0 spiro atoms. The van der Waals surface area contributed by atoms with Crippen LogP contribution >= 0.6 is 22.9 Å². The molecule has 2 N–H and O–H groups in total. The highest BCUT2D eigenvalue weighted by atomic mass is 35.5. The van der Waals surface area contributed by atoms with E-state index in [1.165, 1.54) is 15.3 Å². The maximum Gasteiger partial charge on any atom is 0.191 e. The van der Waals surface area contributed by atoms with E-state index in [0.29, 0.717) is 0 Å². The topological polar surface area (TPSA) is 36.4 Å². The Morgan fingerprint density at radius 3 is 2.52 bits per heavy atom. The fraction of sp³-hybridized carbons (Fsp3) is 0.312. The maximum atomic E-state index is 5.88. The number of rotatable bonds is 5. The number of nitrogens with one attached hydrogen (secondary N) is 2. The lowest BCUT2D eigenvalue weighted by Gasteiger charge is -2.11. The minimum Gasteiger partial charge on any atom is -0.356 e. The third kappa shape index (κ3) is 5.40. The highest BCUT2D eigenvalue weighted by Crippen LogP contribution is 2.14. The van der Waals surface area contributed by atoms with E-state index in [2.05, 4.69) is 46.8 Å². The van der Waals surface area contributed by atoms with E-state index in [1.807, 2.05) is 12.1 Å². The first-order valence-corrected chi connectivity index (χ1v) is 8.11. The molecule has 2 aromatic rings. The van der Waals surface area contributed by atoms with Gasteiger partial charge in [0.15, 0.2) is 5.96 Å². The maximum absolute atomic E-state index is 5.88. The number of halogens is 1. The molecule has 0 saturated carbocycles. The van der Waals surface area contributed by atoms with E-state index >= 15 is 0 Å². The molecule has 0 unspecified atom stereocenters. The van der Waals surface area contributed by atoms with Crippen LogP contribution in [-0.4, -0.2) is 19.6 Å². The first kappa shape index (κ1) is 15.9. The summed E-state index contributed by atoms with van der Waals surface area (Å²) in [7, 11) is 1.79. The minimum absolute atomic E-state index is 0.774. The Hall–Kier alpha value is -1.52. The van der Waals surface area contributed by atoms with Gasteiger partial charge in [-0.1, -0.05) is 23.7 Å². The Kier molecular flexibility index (Phi) is 6.08. The second-order valence-corrected chi connectivity index (χ2v) is 6.55.